The van der Waals surface area contributed by atoms with Gasteiger partial charge in [-0.15, -0.1) is 0 Å². The van der Waals surface area contributed by atoms with Crippen LogP contribution in [0, 0.1) is 11.7 Å². The zero-order valence-corrected chi connectivity index (χ0v) is 19.4. The van der Waals surface area contributed by atoms with Gasteiger partial charge < -0.3 is 9.47 Å². The van der Waals surface area contributed by atoms with E-state index in [1.54, 1.807) is 18.2 Å². The summed E-state index contributed by atoms with van der Waals surface area (Å²) < 4.78 is 63.8. The summed E-state index contributed by atoms with van der Waals surface area (Å²) in [5, 5.41) is 0. The number of ketones is 1. The molecule has 1 unspecified atom stereocenters. The smallest absolute Gasteiger partial charge is 0.416 e. The van der Waals surface area contributed by atoms with Gasteiger partial charge in [-0.2, -0.15) is 13.2 Å². The Balaban J connectivity index is 2.08. The highest BCUT2D eigenvalue weighted by molar-refractivity contribution is 5.84. The van der Waals surface area contributed by atoms with Gasteiger partial charge >= 0.3 is 6.18 Å². The lowest BCUT2D eigenvalue weighted by molar-refractivity contribution is -0.137. The van der Waals surface area contributed by atoms with Crippen LogP contribution in [0.15, 0.2) is 60.7 Å². The molecule has 0 N–H and O–H groups in total. The maximum Gasteiger partial charge on any atom is 0.416 e. The summed E-state index contributed by atoms with van der Waals surface area (Å²) in [5.74, 6) is -0.0183. The zero-order valence-electron chi connectivity index (χ0n) is 19.4. The molecule has 0 radical (unpaired) electrons. The Labute approximate surface area is 196 Å². The molecular formula is C27H26F4O3. The third-order valence-corrected chi connectivity index (χ3v) is 5.43. The summed E-state index contributed by atoms with van der Waals surface area (Å²) in [6.07, 6.45) is -3.83. The van der Waals surface area contributed by atoms with E-state index < -0.39 is 23.5 Å². The van der Waals surface area contributed by atoms with Crippen molar-refractivity contribution in [2.75, 3.05) is 7.11 Å². The quantitative estimate of drug-likeness (QED) is 0.310. The first-order valence-corrected chi connectivity index (χ1v) is 10.8. The van der Waals surface area contributed by atoms with E-state index in [-0.39, 0.29) is 17.5 Å². The average molecular weight is 474 g/mol. The second-order valence-electron chi connectivity index (χ2n) is 8.56. The molecule has 0 aromatic heterocycles. The molecule has 0 aliphatic rings. The molecule has 7 heteroatoms. The molecule has 3 aromatic rings. The highest BCUT2D eigenvalue weighted by Gasteiger charge is 2.30. The van der Waals surface area contributed by atoms with Crippen LogP contribution in [0.2, 0.25) is 0 Å². The fourth-order valence-corrected chi connectivity index (χ4v) is 3.75. The van der Waals surface area contributed by atoms with Gasteiger partial charge in [-0.1, -0.05) is 32.0 Å². The van der Waals surface area contributed by atoms with Crippen LogP contribution in [0.4, 0.5) is 17.6 Å². The van der Waals surface area contributed by atoms with Crippen LogP contribution in [0.1, 0.15) is 44.2 Å². The standard InChI is InChI=1S/C27H26F4O3/c1-16(2)11-24(17(3)32)20-12-19(18-5-7-21(8-6-18)27(29,30)31)13-23(14-20)34-22-9-10-25(28)26(15-22)33-4/h5-10,12-16,24H,11H2,1-4H3. The Morgan fingerprint density at radius 3 is 2.15 bits per heavy atom. The molecule has 0 saturated carbocycles. The van der Waals surface area contributed by atoms with Crippen molar-refractivity contribution in [1.29, 1.82) is 0 Å². The normalized spacial score (nSPS) is 12.5. The maximum absolute atomic E-state index is 13.8. The SMILES string of the molecule is COc1cc(Oc2cc(-c3ccc(C(F)(F)F)cc3)cc(C(CC(C)C)C(C)=O)c2)ccc1F. The van der Waals surface area contributed by atoms with E-state index in [1.807, 2.05) is 13.8 Å². The Morgan fingerprint density at radius 2 is 1.59 bits per heavy atom. The van der Waals surface area contributed by atoms with Gasteiger partial charge in [-0.3, -0.25) is 4.79 Å². The molecule has 0 spiro atoms. The van der Waals surface area contributed by atoms with Crippen LogP contribution < -0.4 is 9.47 Å². The number of carbonyl (C=O) groups is 1. The van der Waals surface area contributed by atoms with Gasteiger partial charge in [0, 0.05) is 12.0 Å². The predicted octanol–water partition coefficient (Wildman–Crippen LogP) is 8.03. The number of carbonyl (C=O) groups excluding carboxylic acids is 1. The van der Waals surface area contributed by atoms with Crippen molar-refractivity contribution in [3.63, 3.8) is 0 Å². The van der Waals surface area contributed by atoms with Crippen LogP contribution in [-0.4, -0.2) is 12.9 Å². The molecule has 3 rings (SSSR count). The zero-order chi connectivity index (χ0) is 25.0. The van der Waals surface area contributed by atoms with Crippen LogP contribution in [-0.2, 0) is 11.0 Å². The predicted molar refractivity (Wildman–Crippen MR) is 123 cm³/mol. The van der Waals surface area contributed by atoms with Gasteiger partial charge in [0.05, 0.1) is 12.7 Å². The fourth-order valence-electron chi connectivity index (χ4n) is 3.75. The van der Waals surface area contributed by atoms with Crippen LogP contribution in [0.3, 0.4) is 0 Å². The molecule has 0 fully saturated rings. The van der Waals surface area contributed by atoms with E-state index in [4.69, 9.17) is 9.47 Å². The summed E-state index contributed by atoms with van der Waals surface area (Å²) in [6.45, 7) is 5.54. The van der Waals surface area contributed by atoms with Gasteiger partial charge in [-0.05, 0) is 72.4 Å². The third-order valence-electron chi connectivity index (χ3n) is 5.43. The Hall–Kier alpha value is -3.35. The number of Topliss-reactive ketones (excluding diaryl/α,β-unsaturated/α-hetero) is 1. The monoisotopic (exact) mass is 474 g/mol. The molecule has 34 heavy (non-hydrogen) atoms. The Morgan fingerprint density at radius 1 is 0.912 bits per heavy atom. The van der Waals surface area contributed by atoms with Crippen molar-refractivity contribution < 1.29 is 31.8 Å². The van der Waals surface area contributed by atoms with E-state index in [9.17, 15) is 22.4 Å². The van der Waals surface area contributed by atoms with E-state index in [0.717, 1.165) is 12.1 Å². The van der Waals surface area contributed by atoms with Gasteiger partial charge in [-0.25, -0.2) is 4.39 Å². The van der Waals surface area contributed by atoms with Crippen molar-refractivity contribution >= 4 is 5.78 Å². The Kier molecular flexibility index (Phi) is 7.64. The van der Waals surface area contributed by atoms with Gasteiger partial charge in [0.1, 0.15) is 17.3 Å². The van der Waals surface area contributed by atoms with E-state index in [0.29, 0.717) is 34.6 Å². The molecule has 3 nitrogen and oxygen atoms in total. The number of hydrogen-bond donors (Lipinski definition) is 0. The summed E-state index contributed by atoms with van der Waals surface area (Å²) in [6, 6.07) is 14.1. The molecule has 0 bridgehead atoms. The number of alkyl halides is 3. The van der Waals surface area contributed by atoms with Gasteiger partial charge in [0.25, 0.3) is 0 Å². The number of rotatable bonds is 8. The van der Waals surface area contributed by atoms with E-state index >= 15 is 0 Å². The number of ether oxygens (including phenoxy) is 2. The number of hydrogen-bond acceptors (Lipinski definition) is 3. The Bertz CT molecular complexity index is 1150. The first-order valence-electron chi connectivity index (χ1n) is 10.8. The average Bonchev–Trinajstić information content (AvgIpc) is 2.77. The van der Waals surface area contributed by atoms with Crippen LogP contribution in [0.5, 0.6) is 17.2 Å². The van der Waals surface area contributed by atoms with E-state index in [1.165, 1.54) is 44.4 Å². The van der Waals surface area contributed by atoms with Crippen molar-refractivity contribution in [2.24, 2.45) is 5.92 Å². The molecule has 0 heterocycles. The van der Waals surface area contributed by atoms with Crippen molar-refractivity contribution in [2.45, 2.75) is 39.3 Å². The highest BCUT2D eigenvalue weighted by atomic mass is 19.4. The summed E-state index contributed by atoms with van der Waals surface area (Å²) in [7, 11) is 1.34. The fraction of sp³-hybridized carbons (Fsp3) is 0.296. The second-order valence-corrected chi connectivity index (χ2v) is 8.56. The molecule has 3 aromatic carbocycles. The summed E-state index contributed by atoms with van der Waals surface area (Å²) in [5.41, 5.74) is 1.10. The van der Waals surface area contributed by atoms with Gasteiger partial charge in [0.2, 0.25) is 0 Å². The lowest BCUT2D eigenvalue weighted by Crippen LogP contribution is -2.12. The van der Waals surface area contributed by atoms with Gasteiger partial charge in [0.15, 0.2) is 11.6 Å². The molecule has 0 aliphatic heterocycles. The second kappa shape index (κ2) is 10.3. The molecule has 0 aliphatic carbocycles. The molecule has 0 saturated heterocycles. The van der Waals surface area contributed by atoms with Crippen LogP contribution >= 0.6 is 0 Å². The topological polar surface area (TPSA) is 35.5 Å². The summed E-state index contributed by atoms with van der Waals surface area (Å²) >= 11 is 0. The minimum Gasteiger partial charge on any atom is -0.494 e. The van der Waals surface area contributed by atoms with Crippen molar-refractivity contribution in [3.8, 4) is 28.4 Å². The molecular weight excluding hydrogens is 448 g/mol. The number of halogens is 4. The highest BCUT2D eigenvalue weighted by Crippen LogP contribution is 2.37. The largest absolute Gasteiger partial charge is 0.494 e. The lowest BCUT2D eigenvalue weighted by Gasteiger charge is -2.19. The number of methoxy groups -OCH3 is 1. The lowest BCUT2D eigenvalue weighted by atomic mass is 9.86. The molecule has 1 atom stereocenters. The molecule has 180 valence electrons. The minimum atomic E-state index is -4.44. The first-order chi connectivity index (χ1) is 16.0. The minimum absolute atomic E-state index is 0.0121. The van der Waals surface area contributed by atoms with Crippen LogP contribution in [0.25, 0.3) is 11.1 Å². The maximum atomic E-state index is 13.8. The van der Waals surface area contributed by atoms with E-state index in [2.05, 4.69) is 0 Å². The van der Waals surface area contributed by atoms with Crippen molar-refractivity contribution in [1.82, 2.24) is 0 Å². The first kappa shape index (κ1) is 25.3. The number of benzene rings is 3. The summed E-state index contributed by atoms with van der Waals surface area (Å²) in [4.78, 5) is 12.4. The third kappa shape index (κ3) is 6.16. The van der Waals surface area contributed by atoms with Crippen molar-refractivity contribution in [3.05, 3.63) is 77.6 Å². The molecule has 0 amide bonds.